The van der Waals surface area contributed by atoms with Crippen molar-refractivity contribution in [3.8, 4) is 5.75 Å². The summed E-state index contributed by atoms with van der Waals surface area (Å²) in [5.41, 5.74) is 2.87. The normalized spacial score (nSPS) is 19.3. The molecule has 0 unspecified atom stereocenters. The summed E-state index contributed by atoms with van der Waals surface area (Å²) in [6.45, 7) is 2.79. The van der Waals surface area contributed by atoms with Gasteiger partial charge in [0.15, 0.2) is 0 Å². The highest BCUT2D eigenvalue weighted by Gasteiger charge is 2.35. The Kier molecular flexibility index (Phi) is 5.03. The summed E-state index contributed by atoms with van der Waals surface area (Å²) in [4.78, 5) is 28.6. The van der Waals surface area contributed by atoms with Crippen molar-refractivity contribution in [2.24, 2.45) is 0 Å². The first kappa shape index (κ1) is 19.2. The molecule has 3 aliphatic rings. The number of halogens is 1. The quantitative estimate of drug-likeness (QED) is 0.711. The second-order valence-corrected chi connectivity index (χ2v) is 8.32. The van der Waals surface area contributed by atoms with Gasteiger partial charge < -0.3 is 9.64 Å². The van der Waals surface area contributed by atoms with Crippen LogP contribution in [0.3, 0.4) is 0 Å². The van der Waals surface area contributed by atoms with Gasteiger partial charge in [-0.05, 0) is 61.9 Å². The number of piperidine rings is 1. The van der Waals surface area contributed by atoms with Gasteiger partial charge in [-0.15, -0.1) is 0 Å². The minimum Gasteiger partial charge on any atom is -0.490 e. The molecule has 0 bridgehead atoms. The molecule has 0 N–H and O–H groups in total. The van der Waals surface area contributed by atoms with Crippen LogP contribution < -0.4 is 4.74 Å². The summed E-state index contributed by atoms with van der Waals surface area (Å²) in [5.74, 6) is 0.337. The molecule has 156 valence electrons. The second-order valence-electron chi connectivity index (χ2n) is 8.32. The third kappa shape index (κ3) is 3.39. The summed E-state index contributed by atoms with van der Waals surface area (Å²) in [6, 6.07) is 10.3. The molecule has 2 aliphatic heterocycles. The van der Waals surface area contributed by atoms with E-state index in [0.29, 0.717) is 24.2 Å². The number of ether oxygens (including phenoxy) is 1. The minimum absolute atomic E-state index is 0.113. The van der Waals surface area contributed by atoms with Crippen molar-refractivity contribution in [3.05, 3.63) is 64.5 Å². The van der Waals surface area contributed by atoms with E-state index in [4.69, 9.17) is 4.74 Å². The molecular formula is C24H25FN2O3. The summed E-state index contributed by atoms with van der Waals surface area (Å²) < 4.78 is 20.2. The number of amides is 2. The molecule has 2 aromatic rings. The van der Waals surface area contributed by atoms with Crippen LogP contribution in [-0.2, 0) is 12.8 Å². The molecule has 0 spiro atoms. The highest BCUT2D eigenvalue weighted by Crippen LogP contribution is 2.34. The summed E-state index contributed by atoms with van der Waals surface area (Å²) in [7, 11) is 0. The number of benzene rings is 2. The van der Waals surface area contributed by atoms with E-state index in [1.165, 1.54) is 11.0 Å². The Labute approximate surface area is 175 Å². The van der Waals surface area contributed by atoms with Gasteiger partial charge in [0.1, 0.15) is 17.7 Å². The fourth-order valence-corrected chi connectivity index (χ4v) is 4.85. The Morgan fingerprint density at radius 1 is 0.900 bits per heavy atom. The van der Waals surface area contributed by atoms with Crippen LogP contribution in [0, 0.1) is 5.82 Å². The third-order valence-electron chi connectivity index (χ3n) is 6.53. The lowest BCUT2D eigenvalue weighted by Crippen LogP contribution is -2.43. The van der Waals surface area contributed by atoms with Crippen LogP contribution in [0.1, 0.15) is 51.1 Å². The van der Waals surface area contributed by atoms with Crippen molar-refractivity contribution in [1.82, 2.24) is 9.80 Å². The van der Waals surface area contributed by atoms with Gasteiger partial charge in [0.2, 0.25) is 0 Å². The van der Waals surface area contributed by atoms with E-state index in [-0.39, 0.29) is 23.7 Å². The molecular weight excluding hydrogens is 383 g/mol. The number of hydrogen-bond donors (Lipinski definition) is 0. The Balaban J connectivity index is 1.14. The predicted molar refractivity (Wildman–Crippen MR) is 110 cm³/mol. The molecule has 2 amide bonds. The molecule has 1 saturated heterocycles. The van der Waals surface area contributed by atoms with E-state index < -0.39 is 0 Å². The largest absolute Gasteiger partial charge is 0.490 e. The van der Waals surface area contributed by atoms with Crippen LogP contribution in [0.4, 0.5) is 4.39 Å². The van der Waals surface area contributed by atoms with Crippen molar-refractivity contribution >= 4 is 11.8 Å². The summed E-state index contributed by atoms with van der Waals surface area (Å²) >= 11 is 0. The van der Waals surface area contributed by atoms with Gasteiger partial charge in [0, 0.05) is 31.7 Å². The van der Waals surface area contributed by atoms with Crippen LogP contribution in [-0.4, -0.2) is 53.9 Å². The SMILES string of the molecule is O=C1c2ccccc2C(=O)N1CCN1CCC(Oc2ccc(F)c3c2CCC3)CC1. The number of carbonyl (C=O) groups excluding carboxylic acids is 2. The smallest absolute Gasteiger partial charge is 0.261 e. The lowest BCUT2D eigenvalue weighted by molar-refractivity contribution is 0.0599. The Morgan fingerprint density at radius 2 is 1.57 bits per heavy atom. The van der Waals surface area contributed by atoms with E-state index >= 15 is 0 Å². The molecule has 1 fully saturated rings. The fraction of sp³-hybridized carbons (Fsp3) is 0.417. The molecule has 5 nitrogen and oxygen atoms in total. The maximum absolute atomic E-state index is 13.9. The highest BCUT2D eigenvalue weighted by atomic mass is 19.1. The van der Waals surface area contributed by atoms with Crippen molar-refractivity contribution in [2.75, 3.05) is 26.2 Å². The lowest BCUT2D eigenvalue weighted by atomic mass is 10.1. The summed E-state index contributed by atoms with van der Waals surface area (Å²) in [6.07, 6.45) is 4.57. The zero-order chi connectivity index (χ0) is 20.7. The van der Waals surface area contributed by atoms with E-state index in [0.717, 1.165) is 62.1 Å². The van der Waals surface area contributed by atoms with Crippen LogP contribution in [0.15, 0.2) is 36.4 Å². The number of carbonyl (C=O) groups is 2. The molecule has 0 aromatic heterocycles. The van der Waals surface area contributed by atoms with E-state index in [9.17, 15) is 14.0 Å². The van der Waals surface area contributed by atoms with Gasteiger partial charge in [0.05, 0.1) is 11.1 Å². The average Bonchev–Trinajstić information content (AvgIpc) is 3.35. The monoisotopic (exact) mass is 408 g/mol. The maximum atomic E-state index is 13.9. The first-order chi connectivity index (χ1) is 14.6. The summed E-state index contributed by atoms with van der Waals surface area (Å²) in [5, 5.41) is 0. The Bertz CT molecular complexity index is 963. The average molecular weight is 408 g/mol. The zero-order valence-corrected chi connectivity index (χ0v) is 16.9. The molecule has 2 aromatic carbocycles. The molecule has 0 atom stereocenters. The molecule has 1 aliphatic carbocycles. The Hall–Kier alpha value is -2.73. The molecule has 0 saturated carbocycles. The number of fused-ring (bicyclic) bond motifs is 2. The van der Waals surface area contributed by atoms with Crippen molar-refractivity contribution in [3.63, 3.8) is 0 Å². The highest BCUT2D eigenvalue weighted by molar-refractivity contribution is 6.21. The fourth-order valence-electron chi connectivity index (χ4n) is 4.85. The lowest BCUT2D eigenvalue weighted by Gasteiger charge is -2.33. The second kappa shape index (κ2) is 7.84. The van der Waals surface area contributed by atoms with Gasteiger partial charge in [-0.1, -0.05) is 12.1 Å². The first-order valence-corrected chi connectivity index (χ1v) is 10.8. The minimum atomic E-state index is -0.195. The van der Waals surface area contributed by atoms with Gasteiger partial charge in [-0.2, -0.15) is 0 Å². The molecule has 0 radical (unpaired) electrons. The van der Waals surface area contributed by atoms with Gasteiger partial charge in [0.25, 0.3) is 11.8 Å². The molecule has 2 heterocycles. The van der Waals surface area contributed by atoms with Crippen molar-refractivity contribution in [2.45, 2.75) is 38.2 Å². The van der Waals surface area contributed by atoms with E-state index in [1.807, 2.05) is 0 Å². The van der Waals surface area contributed by atoms with Crippen LogP contribution in [0.25, 0.3) is 0 Å². The Morgan fingerprint density at radius 3 is 2.27 bits per heavy atom. The van der Waals surface area contributed by atoms with Gasteiger partial charge in [-0.3, -0.25) is 14.5 Å². The molecule has 5 rings (SSSR count). The van der Waals surface area contributed by atoms with Gasteiger partial charge >= 0.3 is 0 Å². The van der Waals surface area contributed by atoms with Crippen molar-refractivity contribution < 1.29 is 18.7 Å². The van der Waals surface area contributed by atoms with E-state index in [2.05, 4.69) is 4.90 Å². The molecule has 30 heavy (non-hydrogen) atoms. The number of hydrogen-bond acceptors (Lipinski definition) is 4. The van der Waals surface area contributed by atoms with Crippen LogP contribution in [0.5, 0.6) is 5.75 Å². The predicted octanol–water partition coefficient (Wildman–Crippen LogP) is 3.45. The number of nitrogens with zero attached hydrogens (tertiary/aromatic N) is 2. The maximum Gasteiger partial charge on any atom is 0.261 e. The third-order valence-corrected chi connectivity index (χ3v) is 6.53. The van der Waals surface area contributed by atoms with Crippen LogP contribution >= 0.6 is 0 Å². The van der Waals surface area contributed by atoms with Crippen LogP contribution in [0.2, 0.25) is 0 Å². The number of likely N-dealkylation sites (tertiary alicyclic amines) is 1. The van der Waals surface area contributed by atoms with Crippen molar-refractivity contribution in [1.29, 1.82) is 0 Å². The number of imide groups is 1. The molecule has 6 heteroatoms. The first-order valence-electron chi connectivity index (χ1n) is 10.8. The topological polar surface area (TPSA) is 49.9 Å². The van der Waals surface area contributed by atoms with Gasteiger partial charge in [-0.25, -0.2) is 4.39 Å². The zero-order valence-electron chi connectivity index (χ0n) is 16.9. The van der Waals surface area contributed by atoms with E-state index in [1.54, 1.807) is 30.3 Å². The number of rotatable bonds is 5. The standard InChI is InChI=1S/C24H25FN2O3/c25-21-8-9-22(18-7-3-6-17(18)21)30-16-10-12-26(13-11-16)14-15-27-23(28)19-4-1-2-5-20(19)24(27)29/h1-2,4-5,8-9,16H,3,6-7,10-15H2.